The molecular formula is C14H28N4S. The van der Waals surface area contributed by atoms with Crippen molar-refractivity contribution in [3.05, 3.63) is 0 Å². The van der Waals surface area contributed by atoms with E-state index in [-0.39, 0.29) is 0 Å². The summed E-state index contributed by atoms with van der Waals surface area (Å²) >= 11 is 2.00. The molecule has 1 atom stereocenters. The van der Waals surface area contributed by atoms with Gasteiger partial charge >= 0.3 is 0 Å². The number of rotatable bonds is 4. The fraction of sp³-hybridized carbons (Fsp3) is 0.929. The molecule has 5 heteroatoms. The first-order valence-electron chi connectivity index (χ1n) is 7.60. The third kappa shape index (κ3) is 5.22. The summed E-state index contributed by atoms with van der Waals surface area (Å²) in [6, 6.07) is 0. The Labute approximate surface area is 121 Å². The van der Waals surface area contributed by atoms with E-state index in [1.165, 1.54) is 50.4 Å². The van der Waals surface area contributed by atoms with E-state index in [1.807, 2.05) is 11.8 Å². The smallest absolute Gasteiger partial charge is 0.191 e. The van der Waals surface area contributed by atoms with Crippen molar-refractivity contribution in [2.75, 3.05) is 50.8 Å². The standard InChI is InChI=1S/C14H28N4S/c1-13(12-17-5-3-2-4-6-17)11-16-14(15)18-7-9-19-10-8-18/h13H,2-12H2,1H3,(H2,15,16)/t13-/m0/s1. The summed E-state index contributed by atoms with van der Waals surface area (Å²) < 4.78 is 0. The average Bonchev–Trinajstić information content (AvgIpc) is 2.47. The van der Waals surface area contributed by atoms with Crippen molar-refractivity contribution in [2.24, 2.45) is 16.6 Å². The fourth-order valence-corrected chi connectivity index (χ4v) is 3.69. The maximum Gasteiger partial charge on any atom is 0.191 e. The lowest BCUT2D eigenvalue weighted by Gasteiger charge is -2.29. The highest BCUT2D eigenvalue weighted by atomic mass is 32.2. The molecule has 0 spiro atoms. The van der Waals surface area contributed by atoms with E-state index in [0.29, 0.717) is 5.92 Å². The highest BCUT2D eigenvalue weighted by molar-refractivity contribution is 7.99. The molecule has 4 nitrogen and oxygen atoms in total. The quantitative estimate of drug-likeness (QED) is 0.627. The van der Waals surface area contributed by atoms with Crippen LogP contribution < -0.4 is 5.73 Å². The first kappa shape index (κ1) is 15.0. The molecule has 2 aliphatic heterocycles. The number of thioether (sulfide) groups is 1. The molecule has 0 unspecified atom stereocenters. The Morgan fingerprint density at radius 2 is 1.84 bits per heavy atom. The molecule has 0 aliphatic carbocycles. The summed E-state index contributed by atoms with van der Waals surface area (Å²) in [5.41, 5.74) is 6.08. The second kappa shape index (κ2) is 8.00. The lowest BCUT2D eigenvalue weighted by molar-refractivity contribution is 0.202. The van der Waals surface area contributed by atoms with Gasteiger partial charge in [-0.1, -0.05) is 13.3 Å². The molecule has 0 aromatic carbocycles. The van der Waals surface area contributed by atoms with Crippen molar-refractivity contribution in [3.8, 4) is 0 Å². The molecule has 0 aromatic rings. The molecule has 0 amide bonds. The lowest BCUT2D eigenvalue weighted by atomic mass is 10.1. The van der Waals surface area contributed by atoms with Crippen LogP contribution in [0.25, 0.3) is 0 Å². The number of nitrogens with two attached hydrogens (primary N) is 1. The summed E-state index contributed by atoms with van der Waals surface area (Å²) in [4.78, 5) is 9.40. The van der Waals surface area contributed by atoms with Crippen LogP contribution in [0, 0.1) is 5.92 Å². The van der Waals surface area contributed by atoms with Crippen LogP contribution in [0.3, 0.4) is 0 Å². The van der Waals surface area contributed by atoms with Gasteiger partial charge in [-0.3, -0.25) is 4.99 Å². The molecule has 0 saturated carbocycles. The highest BCUT2D eigenvalue weighted by Gasteiger charge is 2.15. The van der Waals surface area contributed by atoms with Crippen molar-refractivity contribution in [1.82, 2.24) is 9.80 Å². The first-order valence-corrected chi connectivity index (χ1v) is 8.76. The van der Waals surface area contributed by atoms with Gasteiger partial charge in [-0.25, -0.2) is 0 Å². The molecule has 2 rings (SSSR count). The number of likely N-dealkylation sites (tertiary alicyclic amines) is 1. The number of nitrogens with zero attached hydrogens (tertiary/aromatic N) is 3. The lowest BCUT2D eigenvalue weighted by Crippen LogP contribution is -2.43. The van der Waals surface area contributed by atoms with E-state index >= 15 is 0 Å². The molecule has 0 bridgehead atoms. The predicted molar refractivity (Wildman–Crippen MR) is 84.8 cm³/mol. The number of guanidine groups is 1. The number of aliphatic imine (C=N–C) groups is 1. The van der Waals surface area contributed by atoms with Crippen LogP contribution in [0.1, 0.15) is 26.2 Å². The average molecular weight is 284 g/mol. The molecule has 0 aromatic heterocycles. The van der Waals surface area contributed by atoms with E-state index in [1.54, 1.807) is 0 Å². The SMILES string of the molecule is C[C@@H](CN=C(N)N1CCSCC1)CN1CCCCC1. The Morgan fingerprint density at radius 3 is 2.53 bits per heavy atom. The van der Waals surface area contributed by atoms with Crippen molar-refractivity contribution < 1.29 is 0 Å². The molecule has 2 saturated heterocycles. The number of hydrogen-bond donors (Lipinski definition) is 1. The molecule has 19 heavy (non-hydrogen) atoms. The Balaban J connectivity index is 1.70. The summed E-state index contributed by atoms with van der Waals surface area (Å²) in [5, 5.41) is 0. The minimum Gasteiger partial charge on any atom is -0.370 e. The second-order valence-electron chi connectivity index (χ2n) is 5.76. The van der Waals surface area contributed by atoms with Crippen LogP contribution in [0.5, 0.6) is 0 Å². The van der Waals surface area contributed by atoms with E-state index in [4.69, 9.17) is 5.73 Å². The largest absolute Gasteiger partial charge is 0.370 e. The van der Waals surface area contributed by atoms with Crippen LogP contribution >= 0.6 is 11.8 Å². The van der Waals surface area contributed by atoms with Gasteiger partial charge in [0.05, 0.1) is 0 Å². The van der Waals surface area contributed by atoms with Gasteiger partial charge in [-0.2, -0.15) is 11.8 Å². The molecule has 2 aliphatic rings. The predicted octanol–water partition coefficient (Wildman–Crippen LogP) is 1.47. The van der Waals surface area contributed by atoms with E-state index < -0.39 is 0 Å². The fourth-order valence-electron chi connectivity index (χ4n) is 2.78. The zero-order valence-corrected chi connectivity index (χ0v) is 13.0. The van der Waals surface area contributed by atoms with Crippen LogP contribution in [0.15, 0.2) is 4.99 Å². The maximum atomic E-state index is 6.08. The maximum absolute atomic E-state index is 6.08. The van der Waals surface area contributed by atoms with Crippen LogP contribution in [-0.4, -0.2) is 66.5 Å². The topological polar surface area (TPSA) is 44.9 Å². The van der Waals surface area contributed by atoms with Crippen molar-refractivity contribution in [2.45, 2.75) is 26.2 Å². The van der Waals surface area contributed by atoms with Gasteiger partial charge in [-0.05, 0) is 31.8 Å². The first-order chi connectivity index (χ1) is 9.25. The summed E-state index contributed by atoms with van der Waals surface area (Å²) in [5.74, 6) is 3.72. The van der Waals surface area contributed by atoms with Crippen molar-refractivity contribution in [1.29, 1.82) is 0 Å². The Bertz CT molecular complexity index is 283. The van der Waals surface area contributed by atoms with Crippen LogP contribution in [0.2, 0.25) is 0 Å². The van der Waals surface area contributed by atoms with Crippen LogP contribution in [0.4, 0.5) is 0 Å². The van der Waals surface area contributed by atoms with E-state index in [9.17, 15) is 0 Å². The van der Waals surface area contributed by atoms with Gasteiger partial charge in [0.1, 0.15) is 0 Å². The van der Waals surface area contributed by atoms with Crippen molar-refractivity contribution in [3.63, 3.8) is 0 Å². The number of piperidine rings is 1. The molecule has 2 fully saturated rings. The third-order valence-electron chi connectivity index (χ3n) is 3.92. The van der Waals surface area contributed by atoms with Gasteiger partial charge in [0.15, 0.2) is 5.96 Å². The van der Waals surface area contributed by atoms with Gasteiger partial charge in [0.2, 0.25) is 0 Å². The van der Waals surface area contributed by atoms with Gasteiger partial charge in [-0.15, -0.1) is 0 Å². The van der Waals surface area contributed by atoms with E-state index in [2.05, 4.69) is 21.7 Å². The molecular weight excluding hydrogens is 256 g/mol. The Morgan fingerprint density at radius 1 is 1.16 bits per heavy atom. The molecule has 110 valence electrons. The summed E-state index contributed by atoms with van der Waals surface area (Å²) in [7, 11) is 0. The third-order valence-corrected chi connectivity index (χ3v) is 4.86. The normalized spacial score (nSPS) is 24.5. The molecule has 2 N–H and O–H groups in total. The Hall–Kier alpha value is -0.420. The van der Waals surface area contributed by atoms with Gasteiger partial charge < -0.3 is 15.5 Å². The summed E-state index contributed by atoms with van der Waals surface area (Å²) in [6.45, 7) is 8.98. The summed E-state index contributed by atoms with van der Waals surface area (Å²) in [6.07, 6.45) is 4.14. The molecule has 0 radical (unpaired) electrons. The zero-order chi connectivity index (χ0) is 13.5. The Kier molecular flexibility index (Phi) is 6.31. The van der Waals surface area contributed by atoms with Gasteiger partial charge in [0, 0.05) is 37.7 Å². The van der Waals surface area contributed by atoms with E-state index in [0.717, 1.165) is 25.6 Å². The minimum absolute atomic E-state index is 0.607. The molecule has 2 heterocycles. The van der Waals surface area contributed by atoms with Crippen LogP contribution in [-0.2, 0) is 0 Å². The van der Waals surface area contributed by atoms with Gasteiger partial charge in [0.25, 0.3) is 0 Å². The second-order valence-corrected chi connectivity index (χ2v) is 6.99. The number of hydrogen-bond acceptors (Lipinski definition) is 3. The highest BCUT2D eigenvalue weighted by Crippen LogP contribution is 2.12. The zero-order valence-electron chi connectivity index (χ0n) is 12.2. The van der Waals surface area contributed by atoms with Crippen molar-refractivity contribution >= 4 is 17.7 Å². The monoisotopic (exact) mass is 284 g/mol. The minimum atomic E-state index is 0.607.